The van der Waals surface area contributed by atoms with E-state index in [-0.39, 0.29) is 41.9 Å². The average molecular weight is 882 g/mol. The molecular formula is C46H43BrClFN4O2S2. The molecule has 5 aromatic carbocycles. The minimum Gasteiger partial charge on any atom is -0.301 e. The van der Waals surface area contributed by atoms with Crippen molar-refractivity contribution in [2.24, 2.45) is 0 Å². The number of nitrogens with zero attached hydrogens (tertiary/aromatic N) is 2. The number of ketones is 2. The number of carbonyl (C=O) groups excluding carboxylic acids is 2. The molecule has 0 unspecified atom stereocenters. The lowest BCUT2D eigenvalue weighted by atomic mass is 9.95. The van der Waals surface area contributed by atoms with Crippen LogP contribution in [0, 0.1) is 5.82 Å². The molecule has 7 rings (SSSR count). The van der Waals surface area contributed by atoms with Gasteiger partial charge in [0, 0.05) is 41.2 Å². The Hall–Kier alpha value is -4.68. The SMILES string of the molecule is Cl.O=C(Cc1cccc(-c2ccc(F)cc2)c1)[C@H](Cc1ccccc1)NCc1cscn1.O=C(Cc1cccc(Br)c1)[C@H](Cc1ccccc1)NCc1cscn1. The quantitative estimate of drug-likeness (QED) is 0.0948. The topological polar surface area (TPSA) is 84.0 Å². The summed E-state index contributed by atoms with van der Waals surface area (Å²) >= 11 is 6.58. The molecule has 292 valence electrons. The van der Waals surface area contributed by atoms with E-state index in [0.717, 1.165) is 49.2 Å². The van der Waals surface area contributed by atoms with Crippen LogP contribution in [-0.4, -0.2) is 33.6 Å². The van der Waals surface area contributed by atoms with E-state index in [1.807, 2.05) is 113 Å². The number of nitrogens with one attached hydrogen (secondary N) is 2. The van der Waals surface area contributed by atoms with Crippen molar-refractivity contribution in [3.05, 3.63) is 199 Å². The predicted molar refractivity (Wildman–Crippen MR) is 236 cm³/mol. The zero-order valence-corrected chi connectivity index (χ0v) is 35.1. The monoisotopic (exact) mass is 880 g/mol. The zero-order chi connectivity index (χ0) is 39.0. The maximum absolute atomic E-state index is 13.2. The molecule has 7 aromatic rings. The van der Waals surface area contributed by atoms with Gasteiger partial charge < -0.3 is 10.6 Å². The number of rotatable bonds is 17. The number of aromatic nitrogens is 2. The van der Waals surface area contributed by atoms with Gasteiger partial charge in [-0.2, -0.15) is 0 Å². The molecule has 0 aliphatic carbocycles. The Kier molecular flexibility index (Phi) is 17.5. The molecule has 2 N–H and O–H groups in total. The van der Waals surface area contributed by atoms with Gasteiger partial charge in [0.15, 0.2) is 11.6 Å². The third kappa shape index (κ3) is 14.3. The maximum Gasteiger partial charge on any atom is 0.154 e. The maximum atomic E-state index is 13.2. The van der Waals surface area contributed by atoms with Crippen molar-refractivity contribution >= 4 is 62.6 Å². The molecule has 11 heteroatoms. The second-order valence-electron chi connectivity index (χ2n) is 13.3. The van der Waals surface area contributed by atoms with Crippen molar-refractivity contribution in [3.63, 3.8) is 0 Å². The minimum absolute atomic E-state index is 0. The Labute approximate surface area is 356 Å². The molecule has 57 heavy (non-hydrogen) atoms. The molecule has 0 fully saturated rings. The number of Topliss-reactive ketones (excluding diaryl/α,β-unsaturated/α-hetero) is 2. The van der Waals surface area contributed by atoms with Crippen LogP contribution in [0.4, 0.5) is 4.39 Å². The number of halogens is 3. The Bertz CT molecular complexity index is 2240. The summed E-state index contributed by atoms with van der Waals surface area (Å²) in [6.45, 7) is 1.16. The summed E-state index contributed by atoms with van der Waals surface area (Å²) in [7, 11) is 0. The van der Waals surface area contributed by atoms with Gasteiger partial charge in [0.05, 0.1) is 34.5 Å². The van der Waals surface area contributed by atoms with Gasteiger partial charge >= 0.3 is 0 Å². The molecule has 0 aliphatic rings. The fourth-order valence-corrected chi connectivity index (χ4v) is 7.77. The second-order valence-corrected chi connectivity index (χ2v) is 15.7. The van der Waals surface area contributed by atoms with Crippen LogP contribution in [0.3, 0.4) is 0 Å². The van der Waals surface area contributed by atoms with Gasteiger partial charge in [0.1, 0.15) is 5.82 Å². The number of hydrogen-bond acceptors (Lipinski definition) is 8. The Balaban J connectivity index is 0.000000219. The van der Waals surface area contributed by atoms with Crippen LogP contribution in [0.25, 0.3) is 11.1 Å². The van der Waals surface area contributed by atoms with Crippen LogP contribution in [0.5, 0.6) is 0 Å². The van der Waals surface area contributed by atoms with Crippen LogP contribution in [0.15, 0.2) is 160 Å². The molecule has 0 bridgehead atoms. The van der Waals surface area contributed by atoms with Gasteiger partial charge in [-0.05, 0) is 70.5 Å². The second kappa shape index (κ2) is 22.9. The van der Waals surface area contributed by atoms with Crippen molar-refractivity contribution in [1.29, 1.82) is 0 Å². The van der Waals surface area contributed by atoms with Gasteiger partial charge in [-0.1, -0.05) is 125 Å². The molecule has 0 spiro atoms. The Morgan fingerprint density at radius 1 is 0.579 bits per heavy atom. The van der Waals surface area contributed by atoms with Crippen molar-refractivity contribution in [1.82, 2.24) is 20.6 Å². The summed E-state index contributed by atoms with van der Waals surface area (Å²) in [5, 5.41) is 10.8. The van der Waals surface area contributed by atoms with Gasteiger partial charge in [0.2, 0.25) is 0 Å². The van der Waals surface area contributed by atoms with Crippen LogP contribution < -0.4 is 10.6 Å². The molecule has 2 aromatic heterocycles. The van der Waals surface area contributed by atoms with Crippen molar-refractivity contribution in [2.45, 2.75) is 50.9 Å². The summed E-state index contributed by atoms with van der Waals surface area (Å²) in [6, 6.07) is 41.8. The highest BCUT2D eigenvalue weighted by molar-refractivity contribution is 9.10. The molecule has 0 aliphatic heterocycles. The van der Waals surface area contributed by atoms with Gasteiger partial charge in [-0.3, -0.25) is 9.59 Å². The summed E-state index contributed by atoms with van der Waals surface area (Å²) in [5.74, 6) is 0.0672. The smallest absolute Gasteiger partial charge is 0.154 e. The number of thiazole rings is 2. The van der Waals surface area contributed by atoms with E-state index >= 15 is 0 Å². The highest BCUT2D eigenvalue weighted by Gasteiger charge is 2.21. The van der Waals surface area contributed by atoms with Gasteiger partial charge in [-0.15, -0.1) is 35.1 Å². The summed E-state index contributed by atoms with van der Waals surface area (Å²) in [6.07, 6.45) is 2.05. The molecular weight excluding hydrogens is 839 g/mol. The molecule has 2 atom stereocenters. The first-order valence-corrected chi connectivity index (χ1v) is 21.0. The largest absolute Gasteiger partial charge is 0.301 e. The van der Waals surface area contributed by atoms with E-state index in [1.54, 1.807) is 40.3 Å². The zero-order valence-electron chi connectivity index (χ0n) is 31.1. The normalized spacial score (nSPS) is 11.8. The third-order valence-electron chi connectivity index (χ3n) is 9.12. The van der Waals surface area contributed by atoms with E-state index in [9.17, 15) is 14.0 Å². The Morgan fingerprint density at radius 2 is 1.05 bits per heavy atom. The summed E-state index contributed by atoms with van der Waals surface area (Å²) in [4.78, 5) is 34.7. The lowest BCUT2D eigenvalue weighted by molar-refractivity contribution is -0.121. The third-order valence-corrected chi connectivity index (χ3v) is 10.9. The number of benzene rings is 5. The number of carbonyl (C=O) groups is 2. The molecule has 6 nitrogen and oxygen atoms in total. The lowest BCUT2D eigenvalue weighted by Gasteiger charge is -2.18. The molecule has 0 saturated heterocycles. The summed E-state index contributed by atoms with van der Waals surface area (Å²) < 4.78 is 14.2. The predicted octanol–water partition coefficient (Wildman–Crippen LogP) is 10.3. The molecule has 0 amide bonds. The Morgan fingerprint density at radius 3 is 1.53 bits per heavy atom. The summed E-state index contributed by atoms with van der Waals surface area (Å²) in [5.41, 5.74) is 11.7. The van der Waals surface area contributed by atoms with E-state index < -0.39 is 0 Å². The van der Waals surface area contributed by atoms with Crippen LogP contribution in [0.1, 0.15) is 33.6 Å². The first-order chi connectivity index (χ1) is 27.4. The van der Waals surface area contributed by atoms with Crippen LogP contribution >= 0.6 is 51.0 Å². The van der Waals surface area contributed by atoms with E-state index in [1.165, 1.54) is 12.1 Å². The average Bonchev–Trinajstić information content (AvgIpc) is 3.95. The van der Waals surface area contributed by atoms with E-state index in [2.05, 4.69) is 48.7 Å². The fraction of sp³-hybridized carbons (Fsp3) is 0.174. The van der Waals surface area contributed by atoms with Crippen molar-refractivity contribution in [2.75, 3.05) is 0 Å². The first kappa shape index (κ1) is 43.4. The van der Waals surface area contributed by atoms with Crippen LogP contribution in [-0.2, 0) is 48.4 Å². The lowest BCUT2D eigenvalue weighted by Crippen LogP contribution is -2.39. The molecule has 0 saturated carbocycles. The van der Waals surface area contributed by atoms with Gasteiger partial charge in [0.25, 0.3) is 0 Å². The fourth-order valence-electron chi connectivity index (χ4n) is 6.20. The molecule has 2 heterocycles. The number of hydrogen-bond donors (Lipinski definition) is 2. The standard InChI is InChI=1S/C26H23FN2OS.C20H19BrN2OS.ClH/c27-23-11-9-21(10-12-23)22-8-4-7-20(13-22)15-26(30)25(14-19-5-2-1-3-6-19)28-16-24-17-31-18-29-24;21-17-8-4-7-16(9-17)11-20(24)19(10-15-5-2-1-3-6-15)22-12-18-13-25-14-23-18;/h1-13,17-18,25,28H,14-16H2;1-9,13-14,19,22H,10-12H2;1H/t25-;19-;/m00./s1. The van der Waals surface area contributed by atoms with E-state index in [0.29, 0.717) is 38.8 Å². The highest BCUT2D eigenvalue weighted by Crippen LogP contribution is 2.22. The van der Waals surface area contributed by atoms with Crippen LogP contribution in [0.2, 0.25) is 0 Å². The van der Waals surface area contributed by atoms with Gasteiger partial charge in [-0.25, -0.2) is 14.4 Å². The first-order valence-electron chi connectivity index (χ1n) is 18.3. The van der Waals surface area contributed by atoms with E-state index in [4.69, 9.17) is 0 Å². The highest BCUT2D eigenvalue weighted by atomic mass is 79.9. The van der Waals surface area contributed by atoms with Crippen molar-refractivity contribution < 1.29 is 14.0 Å². The molecule has 0 radical (unpaired) electrons. The van der Waals surface area contributed by atoms with Crippen molar-refractivity contribution in [3.8, 4) is 11.1 Å². The minimum atomic E-state index is -0.307.